The van der Waals surface area contributed by atoms with E-state index in [2.05, 4.69) is 0 Å². The third-order valence-corrected chi connectivity index (χ3v) is 1.67. The van der Waals surface area contributed by atoms with E-state index in [-0.39, 0.29) is 5.41 Å². The lowest BCUT2D eigenvalue weighted by Crippen LogP contribution is -2.37. The standard InChI is InChI=1S/C8H18O2/c1-5-6(9)7(10)8(2,3)4/h6-7,9-10H,5H2,1-4H3/t6-,7+/m1/s1. The summed E-state index contributed by atoms with van der Waals surface area (Å²) < 4.78 is 0. The Morgan fingerprint density at radius 1 is 1.20 bits per heavy atom. The molecular weight excluding hydrogens is 128 g/mol. The van der Waals surface area contributed by atoms with Gasteiger partial charge in [-0.2, -0.15) is 0 Å². The molecule has 0 aliphatic rings. The maximum Gasteiger partial charge on any atom is 0.0847 e. The molecule has 0 aliphatic heterocycles. The molecule has 0 fully saturated rings. The first-order valence-corrected chi connectivity index (χ1v) is 3.75. The summed E-state index contributed by atoms with van der Waals surface area (Å²) in [5, 5.41) is 18.6. The number of hydrogen-bond donors (Lipinski definition) is 2. The van der Waals surface area contributed by atoms with Gasteiger partial charge >= 0.3 is 0 Å². The van der Waals surface area contributed by atoms with Gasteiger partial charge in [0.25, 0.3) is 0 Å². The summed E-state index contributed by atoms with van der Waals surface area (Å²) in [5.74, 6) is 0. The van der Waals surface area contributed by atoms with Crippen LogP contribution in [0.2, 0.25) is 0 Å². The molecule has 2 nitrogen and oxygen atoms in total. The van der Waals surface area contributed by atoms with Crippen molar-refractivity contribution in [1.29, 1.82) is 0 Å². The fourth-order valence-corrected chi connectivity index (χ4v) is 0.800. The predicted octanol–water partition coefficient (Wildman–Crippen LogP) is 1.16. The van der Waals surface area contributed by atoms with Crippen LogP contribution in [-0.2, 0) is 0 Å². The van der Waals surface area contributed by atoms with Crippen LogP contribution in [0.1, 0.15) is 34.1 Å². The van der Waals surface area contributed by atoms with Crippen molar-refractivity contribution in [2.24, 2.45) is 5.41 Å². The average molecular weight is 146 g/mol. The Hall–Kier alpha value is -0.0800. The smallest absolute Gasteiger partial charge is 0.0847 e. The van der Waals surface area contributed by atoms with Crippen LogP contribution in [0.25, 0.3) is 0 Å². The van der Waals surface area contributed by atoms with Crippen molar-refractivity contribution in [1.82, 2.24) is 0 Å². The second kappa shape index (κ2) is 3.35. The predicted molar refractivity (Wildman–Crippen MR) is 41.8 cm³/mol. The number of rotatable bonds is 2. The van der Waals surface area contributed by atoms with E-state index in [1.54, 1.807) is 0 Å². The number of aliphatic hydroxyl groups is 2. The van der Waals surface area contributed by atoms with Crippen molar-refractivity contribution < 1.29 is 10.2 Å². The summed E-state index contributed by atoms with van der Waals surface area (Å²) in [4.78, 5) is 0. The lowest BCUT2D eigenvalue weighted by Gasteiger charge is -2.29. The Morgan fingerprint density at radius 3 is 1.70 bits per heavy atom. The van der Waals surface area contributed by atoms with Crippen molar-refractivity contribution in [3.8, 4) is 0 Å². The van der Waals surface area contributed by atoms with Gasteiger partial charge in [-0.25, -0.2) is 0 Å². The van der Waals surface area contributed by atoms with Crippen LogP contribution < -0.4 is 0 Å². The zero-order chi connectivity index (χ0) is 8.36. The van der Waals surface area contributed by atoms with E-state index >= 15 is 0 Å². The molecule has 2 heteroatoms. The van der Waals surface area contributed by atoms with E-state index in [1.165, 1.54) is 0 Å². The van der Waals surface area contributed by atoms with Crippen LogP contribution in [0, 0.1) is 5.41 Å². The second-order valence-electron chi connectivity index (χ2n) is 3.79. The second-order valence-corrected chi connectivity index (χ2v) is 3.79. The van der Waals surface area contributed by atoms with Gasteiger partial charge in [0.2, 0.25) is 0 Å². The average Bonchev–Trinajstić information content (AvgIpc) is 1.83. The Kier molecular flexibility index (Phi) is 3.33. The van der Waals surface area contributed by atoms with E-state index < -0.39 is 12.2 Å². The monoisotopic (exact) mass is 146 g/mol. The first-order chi connectivity index (χ1) is 4.39. The molecule has 2 N–H and O–H groups in total. The molecular formula is C8H18O2. The Morgan fingerprint density at radius 2 is 1.60 bits per heavy atom. The molecule has 0 aliphatic carbocycles. The highest BCUT2D eigenvalue weighted by Crippen LogP contribution is 2.22. The molecule has 0 rings (SSSR count). The highest BCUT2D eigenvalue weighted by atomic mass is 16.3. The topological polar surface area (TPSA) is 40.5 Å². The van der Waals surface area contributed by atoms with Gasteiger partial charge in [-0.15, -0.1) is 0 Å². The maximum absolute atomic E-state index is 9.40. The van der Waals surface area contributed by atoms with Crippen LogP contribution in [0.15, 0.2) is 0 Å². The van der Waals surface area contributed by atoms with Crippen molar-refractivity contribution in [2.45, 2.75) is 46.3 Å². The van der Waals surface area contributed by atoms with Crippen LogP contribution >= 0.6 is 0 Å². The van der Waals surface area contributed by atoms with Gasteiger partial charge in [-0.1, -0.05) is 27.7 Å². The highest BCUT2D eigenvalue weighted by Gasteiger charge is 2.27. The first kappa shape index (κ1) is 9.92. The van der Waals surface area contributed by atoms with Gasteiger partial charge in [-0.3, -0.25) is 0 Å². The molecule has 10 heavy (non-hydrogen) atoms. The number of aliphatic hydroxyl groups excluding tert-OH is 2. The molecule has 0 aromatic rings. The lowest BCUT2D eigenvalue weighted by molar-refractivity contribution is -0.0451. The summed E-state index contributed by atoms with van der Waals surface area (Å²) in [7, 11) is 0. The van der Waals surface area contributed by atoms with Gasteiger partial charge in [0.15, 0.2) is 0 Å². The Balaban J connectivity index is 3.94. The van der Waals surface area contributed by atoms with Crippen molar-refractivity contribution in [3.05, 3.63) is 0 Å². The largest absolute Gasteiger partial charge is 0.390 e. The Bertz CT molecular complexity index is 93.9. The first-order valence-electron chi connectivity index (χ1n) is 3.75. The molecule has 0 radical (unpaired) electrons. The van der Waals surface area contributed by atoms with Crippen molar-refractivity contribution >= 4 is 0 Å². The number of hydrogen-bond acceptors (Lipinski definition) is 2. The summed E-state index contributed by atoms with van der Waals surface area (Å²) in [6.45, 7) is 7.60. The normalized spacial score (nSPS) is 18.6. The van der Waals surface area contributed by atoms with Gasteiger partial charge < -0.3 is 10.2 Å². The van der Waals surface area contributed by atoms with Gasteiger partial charge in [0.05, 0.1) is 12.2 Å². The van der Waals surface area contributed by atoms with Gasteiger partial charge in [0.1, 0.15) is 0 Å². The van der Waals surface area contributed by atoms with Crippen LogP contribution in [-0.4, -0.2) is 22.4 Å². The summed E-state index contributed by atoms with van der Waals surface area (Å²) in [6, 6.07) is 0. The van der Waals surface area contributed by atoms with Crippen molar-refractivity contribution in [2.75, 3.05) is 0 Å². The fourth-order valence-electron chi connectivity index (χ4n) is 0.800. The van der Waals surface area contributed by atoms with E-state index in [0.29, 0.717) is 6.42 Å². The third kappa shape index (κ3) is 2.67. The summed E-state index contributed by atoms with van der Waals surface area (Å²) in [5.41, 5.74) is -0.213. The fraction of sp³-hybridized carbons (Fsp3) is 1.00. The van der Waals surface area contributed by atoms with Gasteiger partial charge in [0, 0.05) is 0 Å². The molecule has 0 aromatic heterocycles. The molecule has 0 saturated carbocycles. The maximum atomic E-state index is 9.40. The molecule has 0 unspecified atom stereocenters. The minimum Gasteiger partial charge on any atom is -0.390 e. The third-order valence-electron chi connectivity index (χ3n) is 1.67. The van der Waals surface area contributed by atoms with E-state index in [0.717, 1.165) is 0 Å². The molecule has 0 amide bonds. The molecule has 0 spiro atoms. The van der Waals surface area contributed by atoms with Crippen LogP contribution in [0.5, 0.6) is 0 Å². The quantitative estimate of drug-likeness (QED) is 0.614. The minimum atomic E-state index is -0.613. The highest BCUT2D eigenvalue weighted by molar-refractivity contribution is 4.78. The van der Waals surface area contributed by atoms with E-state index in [1.807, 2.05) is 27.7 Å². The van der Waals surface area contributed by atoms with E-state index in [9.17, 15) is 10.2 Å². The summed E-state index contributed by atoms with van der Waals surface area (Å²) >= 11 is 0. The molecule has 0 bridgehead atoms. The lowest BCUT2D eigenvalue weighted by atomic mass is 9.85. The van der Waals surface area contributed by atoms with Crippen molar-refractivity contribution in [3.63, 3.8) is 0 Å². The van der Waals surface area contributed by atoms with Crippen LogP contribution in [0.4, 0.5) is 0 Å². The molecule has 0 aromatic carbocycles. The zero-order valence-corrected chi connectivity index (χ0v) is 7.26. The summed E-state index contributed by atoms with van der Waals surface area (Å²) in [6.07, 6.45) is -0.587. The SMILES string of the molecule is CC[C@@H](O)[C@H](O)C(C)(C)C. The molecule has 62 valence electrons. The van der Waals surface area contributed by atoms with E-state index in [4.69, 9.17) is 0 Å². The molecule has 0 heterocycles. The molecule has 0 saturated heterocycles. The Labute approximate surface area is 62.9 Å². The molecule has 2 atom stereocenters. The van der Waals surface area contributed by atoms with Crippen LogP contribution in [0.3, 0.4) is 0 Å². The minimum absolute atomic E-state index is 0.213. The van der Waals surface area contributed by atoms with Gasteiger partial charge in [-0.05, 0) is 11.8 Å². The zero-order valence-electron chi connectivity index (χ0n) is 7.26.